The molecule has 1 aliphatic heterocycles. The number of benzene rings is 1. The van der Waals surface area contributed by atoms with Gasteiger partial charge >= 0.3 is 0 Å². The van der Waals surface area contributed by atoms with Crippen molar-refractivity contribution in [2.24, 2.45) is 12.0 Å². The van der Waals surface area contributed by atoms with Crippen molar-refractivity contribution in [1.29, 1.82) is 0 Å². The summed E-state index contributed by atoms with van der Waals surface area (Å²) in [5.41, 5.74) is 1.66. The van der Waals surface area contributed by atoms with Crippen LogP contribution in [0.2, 0.25) is 0 Å². The molecule has 2 aromatic rings. The van der Waals surface area contributed by atoms with E-state index in [4.69, 9.17) is 0 Å². The highest BCUT2D eigenvalue weighted by molar-refractivity contribution is 14.0. The molecule has 0 unspecified atom stereocenters. The normalized spacial score (nSPS) is 14.9. The second kappa shape index (κ2) is 12.2. The number of nitrogens with zero attached hydrogens (tertiary/aromatic N) is 5. The molecule has 1 fully saturated rings. The average Bonchev–Trinajstić information content (AvgIpc) is 3.18. The summed E-state index contributed by atoms with van der Waals surface area (Å²) in [6.07, 6.45) is 3.47. The largest absolute Gasteiger partial charge is 0.357 e. The van der Waals surface area contributed by atoms with Crippen LogP contribution in [0.25, 0.3) is 0 Å². The number of carbonyl (C=O) groups excluding carboxylic acids is 1. The van der Waals surface area contributed by atoms with Crippen molar-refractivity contribution < 1.29 is 13.2 Å². The minimum absolute atomic E-state index is 0. The Morgan fingerprint density at radius 3 is 2.59 bits per heavy atom. The third-order valence-corrected chi connectivity index (χ3v) is 6.12. The molecule has 1 amide bonds. The fourth-order valence-corrected chi connectivity index (χ4v) is 4.10. The minimum Gasteiger partial charge on any atom is -0.357 e. The molecule has 32 heavy (non-hydrogen) atoms. The van der Waals surface area contributed by atoms with Crippen LogP contribution < -0.4 is 14.9 Å². The van der Waals surface area contributed by atoms with E-state index in [0.29, 0.717) is 25.6 Å². The van der Waals surface area contributed by atoms with E-state index in [0.717, 1.165) is 11.3 Å². The minimum atomic E-state index is -3.46. The highest BCUT2D eigenvalue weighted by atomic mass is 127. The second-order valence-corrected chi connectivity index (χ2v) is 9.13. The Kier molecular flexibility index (Phi) is 9.90. The van der Waals surface area contributed by atoms with E-state index in [-0.39, 0.29) is 55.3 Å². The summed E-state index contributed by atoms with van der Waals surface area (Å²) < 4.78 is 28.8. The van der Waals surface area contributed by atoms with E-state index in [1.54, 1.807) is 22.0 Å². The van der Waals surface area contributed by atoms with E-state index in [2.05, 4.69) is 20.1 Å². The van der Waals surface area contributed by atoms with Crippen LogP contribution in [-0.4, -0.2) is 73.4 Å². The number of aliphatic imine (C=N–C) groups is 1. The number of hydrogen-bond acceptors (Lipinski definition) is 5. The molecule has 0 radical (unpaired) electrons. The molecule has 0 bridgehead atoms. The second-order valence-electron chi connectivity index (χ2n) is 7.20. The number of amides is 1. The number of rotatable bonds is 8. The van der Waals surface area contributed by atoms with Crippen LogP contribution in [0.1, 0.15) is 12.5 Å². The smallest absolute Gasteiger partial charge is 0.246 e. The maximum absolute atomic E-state index is 12.6. The van der Waals surface area contributed by atoms with Crippen LogP contribution in [0.5, 0.6) is 0 Å². The molecular formula is C20H30IN7O3S. The maximum Gasteiger partial charge on any atom is 0.246 e. The molecule has 1 aliphatic rings. The molecule has 12 heteroatoms. The number of nitrogens with one attached hydrogen (secondary N) is 2. The first-order valence-electron chi connectivity index (χ1n) is 10.2. The number of aryl methyl sites for hydroxylation is 1. The standard InChI is InChI=1S/C20H29N7O3S.HI/c1-3-21-20(22-9-12-31(29,30)24-13-17-7-5-4-6-8-17)26-10-11-27(19(28)16-26)18-14-23-25(2)15-18;/h4-8,14-15,24H,3,9-13,16H2,1-2H3,(H,21,22);1H. The van der Waals surface area contributed by atoms with Crippen LogP contribution >= 0.6 is 24.0 Å². The fourth-order valence-electron chi connectivity index (χ4n) is 3.23. The van der Waals surface area contributed by atoms with Gasteiger partial charge in [-0.25, -0.2) is 13.1 Å². The topological polar surface area (TPSA) is 112 Å². The molecule has 1 saturated heterocycles. The Morgan fingerprint density at radius 2 is 1.97 bits per heavy atom. The zero-order valence-electron chi connectivity index (χ0n) is 18.3. The van der Waals surface area contributed by atoms with Crippen molar-refractivity contribution in [2.45, 2.75) is 13.5 Å². The predicted octanol–water partition coefficient (Wildman–Crippen LogP) is 0.772. The molecule has 0 saturated carbocycles. The predicted molar refractivity (Wildman–Crippen MR) is 136 cm³/mol. The lowest BCUT2D eigenvalue weighted by Crippen LogP contribution is -2.55. The molecule has 2 N–H and O–H groups in total. The van der Waals surface area contributed by atoms with Crippen LogP contribution in [0.15, 0.2) is 47.7 Å². The van der Waals surface area contributed by atoms with Gasteiger partial charge in [-0.05, 0) is 12.5 Å². The molecular weight excluding hydrogens is 545 g/mol. The molecule has 176 valence electrons. The van der Waals surface area contributed by atoms with Crippen molar-refractivity contribution in [3.05, 3.63) is 48.3 Å². The average molecular weight is 575 g/mol. The Balaban J connectivity index is 0.00000363. The SMILES string of the molecule is CCNC(=NCCS(=O)(=O)NCc1ccccc1)N1CCN(c2cnn(C)c2)C(=O)C1.I. The van der Waals surface area contributed by atoms with Gasteiger partial charge in [-0.1, -0.05) is 30.3 Å². The lowest BCUT2D eigenvalue weighted by Gasteiger charge is -2.35. The van der Waals surface area contributed by atoms with Gasteiger partial charge in [-0.15, -0.1) is 24.0 Å². The van der Waals surface area contributed by atoms with Gasteiger partial charge in [0.25, 0.3) is 0 Å². The third-order valence-electron chi connectivity index (χ3n) is 4.82. The molecule has 0 spiro atoms. The number of halogens is 1. The summed E-state index contributed by atoms with van der Waals surface area (Å²) in [6.45, 7) is 4.16. The van der Waals surface area contributed by atoms with Crippen molar-refractivity contribution in [3.63, 3.8) is 0 Å². The molecule has 1 aromatic heterocycles. The quantitative estimate of drug-likeness (QED) is 0.274. The van der Waals surface area contributed by atoms with Gasteiger partial charge in [-0.3, -0.25) is 14.5 Å². The molecule has 0 aliphatic carbocycles. The lowest BCUT2D eigenvalue weighted by molar-refractivity contribution is -0.120. The number of guanidine groups is 1. The van der Waals surface area contributed by atoms with Gasteiger partial charge in [0.1, 0.15) is 6.54 Å². The molecule has 0 atom stereocenters. The first-order chi connectivity index (χ1) is 14.9. The van der Waals surface area contributed by atoms with Crippen molar-refractivity contribution >= 4 is 51.6 Å². The summed E-state index contributed by atoms with van der Waals surface area (Å²) in [7, 11) is -1.65. The van der Waals surface area contributed by atoms with E-state index < -0.39 is 10.0 Å². The van der Waals surface area contributed by atoms with Crippen LogP contribution in [0.3, 0.4) is 0 Å². The Labute approximate surface area is 206 Å². The highest BCUT2D eigenvalue weighted by Gasteiger charge is 2.27. The molecule has 2 heterocycles. The van der Waals surface area contributed by atoms with Crippen molar-refractivity contribution in [1.82, 2.24) is 24.7 Å². The van der Waals surface area contributed by atoms with Gasteiger partial charge in [0, 0.05) is 39.4 Å². The molecule has 3 rings (SSSR count). The number of carbonyl (C=O) groups is 1. The summed E-state index contributed by atoms with van der Waals surface area (Å²) >= 11 is 0. The van der Waals surface area contributed by atoms with Crippen LogP contribution in [0, 0.1) is 0 Å². The summed E-state index contributed by atoms with van der Waals surface area (Å²) in [6, 6.07) is 9.35. The van der Waals surface area contributed by atoms with E-state index >= 15 is 0 Å². The summed E-state index contributed by atoms with van der Waals surface area (Å²) in [5.74, 6) is 0.361. The van der Waals surface area contributed by atoms with Gasteiger partial charge in [-0.2, -0.15) is 5.10 Å². The number of aromatic nitrogens is 2. The van der Waals surface area contributed by atoms with Gasteiger partial charge in [0.2, 0.25) is 15.9 Å². The summed E-state index contributed by atoms with van der Waals surface area (Å²) in [4.78, 5) is 20.6. The Bertz CT molecular complexity index is 1010. The first kappa shape index (κ1) is 26.1. The zero-order chi connectivity index (χ0) is 22.3. The van der Waals surface area contributed by atoms with E-state index in [9.17, 15) is 13.2 Å². The van der Waals surface area contributed by atoms with Crippen LogP contribution in [-0.2, 0) is 28.4 Å². The van der Waals surface area contributed by atoms with Crippen molar-refractivity contribution in [3.8, 4) is 0 Å². The third kappa shape index (κ3) is 7.45. The Morgan fingerprint density at radius 1 is 1.22 bits per heavy atom. The zero-order valence-corrected chi connectivity index (χ0v) is 21.4. The fraction of sp³-hybridized carbons (Fsp3) is 0.450. The molecule has 1 aromatic carbocycles. The monoisotopic (exact) mass is 575 g/mol. The first-order valence-corrected chi connectivity index (χ1v) is 11.9. The number of hydrogen-bond donors (Lipinski definition) is 2. The summed E-state index contributed by atoms with van der Waals surface area (Å²) in [5, 5.41) is 7.27. The maximum atomic E-state index is 12.6. The van der Waals surface area contributed by atoms with E-state index in [1.807, 2.05) is 49.2 Å². The number of sulfonamides is 1. The van der Waals surface area contributed by atoms with Crippen molar-refractivity contribution in [2.75, 3.05) is 43.4 Å². The van der Waals surface area contributed by atoms with Crippen LogP contribution in [0.4, 0.5) is 5.69 Å². The van der Waals surface area contributed by atoms with Gasteiger partial charge in [0.05, 0.1) is 24.2 Å². The lowest BCUT2D eigenvalue weighted by atomic mass is 10.2. The van der Waals surface area contributed by atoms with Gasteiger partial charge in [0.15, 0.2) is 5.96 Å². The number of piperazine rings is 1. The molecule has 10 nitrogen and oxygen atoms in total. The number of anilines is 1. The Hall–Kier alpha value is -2.19. The highest BCUT2D eigenvalue weighted by Crippen LogP contribution is 2.16. The van der Waals surface area contributed by atoms with Gasteiger partial charge < -0.3 is 15.1 Å². The van der Waals surface area contributed by atoms with E-state index in [1.165, 1.54) is 0 Å².